The molecule has 0 aliphatic rings. The number of ether oxygens (including phenoxy) is 2. The topological polar surface area (TPSA) is 52.6 Å². The molecule has 1 aromatic rings. The predicted molar refractivity (Wildman–Crippen MR) is 49.3 cm³/mol. The highest BCUT2D eigenvalue weighted by Gasteiger charge is 2.21. The van der Waals surface area contributed by atoms with Gasteiger partial charge < -0.3 is 9.47 Å². The number of esters is 1. The van der Waals surface area contributed by atoms with Crippen LogP contribution in [0.2, 0.25) is 0 Å². The minimum absolute atomic E-state index is 0.331. The quantitative estimate of drug-likeness (QED) is 0.446. The monoisotopic (exact) mass is 230 g/mol. The number of hydrogen-bond donors (Lipinski definition) is 0. The molecule has 16 heavy (non-hydrogen) atoms. The van der Waals surface area contributed by atoms with E-state index in [1.807, 2.05) is 0 Å². The van der Waals surface area contributed by atoms with Crippen molar-refractivity contribution in [3.63, 3.8) is 0 Å². The second kappa shape index (κ2) is 4.69. The van der Waals surface area contributed by atoms with Crippen molar-refractivity contribution in [3.8, 4) is 5.75 Å². The lowest BCUT2D eigenvalue weighted by Gasteiger charge is -2.05. The zero-order valence-electron chi connectivity index (χ0n) is 8.54. The summed E-state index contributed by atoms with van der Waals surface area (Å²) in [7, 11) is 2.13. The highest BCUT2D eigenvalue weighted by Crippen LogP contribution is 2.22. The van der Waals surface area contributed by atoms with Gasteiger partial charge in [0.1, 0.15) is 0 Å². The van der Waals surface area contributed by atoms with Crippen molar-refractivity contribution in [2.24, 2.45) is 0 Å². The number of rotatable bonds is 3. The summed E-state index contributed by atoms with van der Waals surface area (Å²) < 4.78 is 34.7. The number of carbonyl (C=O) groups is 2. The lowest BCUT2D eigenvalue weighted by Crippen LogP contribution is -2.16. The highest BCUT2D eigenvalue weighted by molar-refractivity contribution is 6.40. The molecule has 0 aromatic heterocycles. The Labute approximate surface area is 89.8 Å². The molecule has 0 saturated carbocycles. The van der Waals surface area contributed by atoms with E-state index in [2.05, 4.69) is 9.47 Å². The summed E-state index contributed by atoms with van der Waals surface area (Å²) in [5.41, 5.74) is -0.331. The molecule has 0 bridgehead atoms. The molecule has 0 fully saturated rings. The van der Waals surface area contributed by atoms with Crippen LogP contribution >= 0.6 is 0 Å². The maximum absolute atomic E-state index is 13.0. The fourth-order valence-electron chi connectivity index (χ4n) is 1.05. The van der Waals surface area contributed by atoms with Crippen molar-refractivity contribution in [2.75, 3.05) is 14.2 Å². The molecule has 0 saturated heterocycles. The van der Waals surface area contributed by atoms with E-state index in [4.69, 9.17) is 0 Å². The summed E-state index contributed by atoms with van der Waals surface area (Å²) in [5, 5.41) is 0. The normalized spacial score (nSPS) is 9.75. The van der Waals surface area contributed by atoms with Crippen molar-refractivity contribution in [1.82, 2.24) is 0 Å². The average Bonchev–Trinajstić information content (AvgIpc) is 2.30. The maximum Gasteiger partial charge on any atom is 0.379 e. The van der Waals surface area contributed by atoms with E-state index in [1.165, 1.54) is 0 Å². The summed E-state index contributed by atoms with van der Waals surface area (Å²) in [6, 6.07) is 1.54. The van der Waals surface area contributed by atoms with E-state index in [1.54, 1.807) is 0 Å². The van der Waals surface area contributed by atoms with E-state index < -0.39 is 29.1 Å². The molecule has 0 unspecified atom stereocenters. The SMILES string of the molecule is COC(=O)C(=O)c1cc(F)c(F)c(OC)c1. The minimum atomic E-state index is -1.27. The first-order valence-electron chi connectivity index (χ1n) is 4.17. The Bertz CT molecular complexity index is 443. The Morgan fingerprint density at radius 1 is 1.19 bits per heavy atom. The fraction of sp³-hybridized carbons (Fsp3) is 0.200. The Morgan fingerprint density at radius 3 is 2.31 bits per heavy atom. The van der Waals surface area contributed by atoms with E-state index in [0.29, 0.717) is 6.07 Å². The highest BCUT2D eigenvalue weighted by atomic mass is 19.2. The third-order valence-electron chi connectivity index (χ3n) is 1.85. The number of hydrogen-bond acceptors (Lipinski definition) is 4. The van der Waals surface area contributed by atoms with Crippen LogP contribution in [0, 0.1) is 11.6 Å². The van der Waals surface area contributed by atoms with Crippen LogP contribution in [0.15, 0.2) is 12.1 Å². The Balaban J connectivity index is 3.21. The van der Waals surface area contributed by atoms with Gasteiger partial charge >= 0.3 is 5.97 Å². The first-order chi connectivity index (χ1) is 7.51. The van der Waals surface area contributed by atoms with Gasteiger partial charge in [-0.25, -0.2) is 9.18 Å². The van der Waals surface area contributed by atoms with Gasteiger partial charge in [0.05, 0.1) is 14.2 Å². The van der Waals surface area contributed by atoms with Gasteiger partial charge in [-0.3, -0.25) is 4.79 Å². The lowest BCUT2D eigenvalue weighted by molar-refractivity contribution is -0.135. The molecule has 4 nitrogen and oxygen atoms in total. The molecular formula is C10H8F2O4. The van der Waals surface area contributed by atoms with Crippen LogP contribution in [0.3, 0.4) is 0 Å². The zero-order valence-corrected chi connectivity index (χ0v) is 8.54. The van der Waals surface area contributed by atoms with Crippen molar-refractivity contribution in [3.05, 3.63) is 29.3 Å². The molecule has 0 radical (unpaired) electrons. The van der Waals surface area contributed by atoms with Crippen LogP contribution in [0.1, 0.15) is 10.4 Å². The van der Waals surface area contributed by atoms with E-state index in [-0.39, 0.29) is 5.56 Å². The van der Waals surface area contributed by atoms with Crippen LogP contribution in [0.4, 0.5) is 8.78 Å². The molecule has 0 aliphatic carbocycles. The smallest absolute Gasteiger partial charge is 0.379 e. The molecule has 1 aromatic carbocycles. The standard InChI is InChI=1S/C10H8F2O4/c1-15-7-4-5(3-6(11)8(7)12)9(13)10(14)16-2/h3-4H,1-2H3. The van der Waals surface area contributed by atoms with E-state index in [9.17, 15) is 18.4 Å². The molecule has 0 N–H and O–H groups in total. The summed E-state index contributed by atoms with van der Waals surface area (Å²) >= 11 is 0. The zero-order chi connectivity index (χ0) is 12.3. The second-order valence-electron chi connectivity index (χ2n) is 2.80. The van der Waals surface area contributed by atoms with Gasteiger partial charge in [-0.1, -0.05) is 0 Å². The molecule has 86 valence electrons. The van der Waals surface area contributed by atoms with Crippen LogP contribution in [0.5, 0.6) is 5.75 Å². The average molecular weight is 230 g/mol. The van der Waals surface area contributed by atoms with Gasteiger partial charge in [0.25, 0.3) is 5.78 Å². The third kappa shape index (κ3) is 2.16. The molecule has 0 amide bonds. The summed E-state index contributed by atoms with van der Waals surface area (Å²) in [6.45, 7) is 0. The molecule has 6 heteroatoms. The number of methoxy groups -OCH3 is 2. The third-order valence-corrected chi connectivity index (χ3v) is 1.85. The van der Waals surface area contributed by atoms with Gasteiger partial charge in [-0.2, -0.15) is 4.39 Å². The number of Topliss-reactive ketones (excluding diaryl/α,β-unsaturated/α-hetero) is 1. The van der Waals surface area contributed by atoms with Crippen LogP contribution in [-0.4, -0.2) is 26.0 Å². The maximum atomic E-state index is 13.0. The summed E-state index contributed by atoms with van der Waals surface area (Å²) in [4.78, 5) is 22.2. The van der Waals surface area contributed by atoms with Gasteiger partial charge in [0.2, 0.25) is 5.82 Å². The van der Waals surface area contributed by atoms with Gasteiger partial charge in [-0.15, -0.1) is 0 Å². The van der Waals surface area contributed by atoms with Gasteiger partial charge in [-0.05, 0) is 12.1 Å². The van der Waals surface area contributed by atoms with Crippen molar-refractivity contribution in [2.45, 2.75) is 0 Å². The number of carbonyl (C=O) groups excluding carboxylic acids is 2. The molecule has 0 heterocycles. The van der Waals surface area contributed by atoms with Crippen molar-refractivity contribution in [1.29, 1.82) is 0 Å². The van der Waals surface area contributed by atoms with Gasteiger partial charge in [0, 0.05) is 5.56 Å². The summed E-state index contributed by atoms with van der Waals surface area (Å²) in [5.74, 6) is -5.17. The molecule has 1 rings (SSSR count). The van der Waals surface area contributed by atoms with Crippen LogP contribution in [-0.2, 0) is 9.53 Å². The Hall–Kier alpha value is -1.98. The number of halogens is 2. The summed E-state index contributed by atoms with van der Waals surface area (Å²) in [6.07, 6.45) is 0. The Kier molecular flexibility index (Phi) is 3.55. The van der Waals surface area contributed by atoms with Crippen LogP contribution < -0.4 is 4.74 Å². The van der Waals surface area contributed by atoms with Crippen LogP contribution in [0.25, 0.3) is 0 Å². The first kappa shape index (κ1) is 12.1. The largest absolute Gasteiger partial charge is 0.494 e. The first-order valence-corrected chi connectivity index (χ1v) is 4.17. The van der Waals surface area contributed by atoms with E-state index in [0.717, 1.165) is 20.3 Å². The Morgan fingerprint density at radius 2 is 1.81 bits per heavy atom. The second-order valence-corrected chi connectivity index (χ2v) is 2.80. The van der Waals surface area contributed by atoms with Gasteiger partial charge in [0.15, 0.2) is 11.6 Å². The molecule has 0 atom stereocenters. The van der Waals surface area contributed by atoms with E-state index >= 15 is 0 Å². The fourth-order valence-corrected chi connectivity index (χ4v) is 1.05. The number of benzene rings is 1. The lowest BCUT2D eigenvalue weighted by atomic mass is 10.1. The molecule has 0 aliphatic heterocycles. The van der Waals surface area contributed by atoms with Crippen molar-refractivity contribution < 1.29 is 27.8 Å². The number of ketones is 1. The minimum Gasteiger partial charge on any atom is -0.494 e. The van der Waals surface area contributed by atoms with Crippen molar-refractivity contribution >= 4 is 11.8 Å². The molecular weight excluding hydrogens is 222 g/mol. The predicted octanol–water partition coefficient (Wildman–Crippen LogP) is 1.33. The molecule has 0 spiro atoms.